The molecule has 4 rings (SSSR count). The fraction of sp³-hybridized carbons (Fsp3) is 0.312. The van der Waals surface area contributed by atoms with Crippen molar-refractivity contribution in [1.29, 1.82) is 0 Å². The van der Waals surface area contributed by atoms with Gasteiger partial charge in [0.15, 0.2) is 11.5 Å². The molecule has 0 spiro atoms. The van der Waals surface area contributed by atoms with E-state index in [9.17, 15) is 13.6 Å². The molecule has 0 bridgehead atoms. The number of nitrogens with zero attached hydrogens (tertiary/aromatic N) is 2. The first kappa shape index (κ1) is 16.9. The number of oxazole rings is 1. The molecule has 1 atom stereocenters. The predicted octanol–water partition coefficient (Wildman–Crippen LogP) is 1.75. The lowest BCUT2D eigenvalue weighted by atomic mass is 9.87. The summed E-state index contributed by atoms with van der Waals surface area (Å²) >= 11 is -2.26. The van der Waals surface area contributed by atoms with E-state index in [0.29, 0.717) is 29.9 Å². The zero-order valence-corrected chi connectivity index (χ0v) is 14.6. The molecule has 3 N–H and O–H groups in total. The summed E-state index contributed by atoms with van der Waals surface area (Å²) in [6, 6.07) is 1.94. The van der Waals surface area contributed by atoms with Gasteiger partial charge in [-0.15, -0.1) is 0 Å². The highest BCUT2D eigenvalue weighted by atomic mass is 32.2. The predicted molar refractivity (Wildman–Crippen MR) is 94.1 cm³/mol. The van der Waals surface area contributed by atoms with Gasteiger partial charge in [-0.05, 0) is 18.9 Å². The van der Waals surface area contributed by atoms with Crippen LogP contribution < -0.4 is 10.0 Å². The molecule has 0 amide bonds. The molecule has 9 nitrogen and oxygen atoms in total. The van der Waals surface area contributed by atoms with Crippen LogP contribution in [0, 0.1) is 0 Å². The van der Waals surface area contributed by atoms with Crippen LogP contribution in [-0.2, 0) is 11.3 Å². The summed E-state index contributed by atoms with van der Waals surface area (Å²) in [7, 11) is 0. The van der Waals surface area contributed by atoms with Crippen molar-refractivity contribution < 1.29 is 18.0 Å². The van der Waals surface area contributed by atoms with Crippen molar-refractivity contribution in [3.05, 3.63) is 30.4 Å². The van der Waals surface area contributed by atoms with E-state index in [4.69, 9.17) is 4.42 Å². The Labute approximate surface area is 151 Å². The molecule has 26 heavy (non-hydrogen) atoms. The zero-order chi connectivity index (χ0) is 18.3. The van der Waals surface area contributed by atoms with Gasteiger partial charge < -0.3 is 19.3 Å². The van der Waals surface area contributed by atoms with Crippen molar-refractivity contribution in [3.8, 4) is 11.5 Å². The maximum atomic E-state index is 11.5. The number of hydrogen-bond acceptors (Lipinski definition) is 7. The summed E-state index contributed by atoms with van der Waals surface area (Å²) in [5, 5.41) is 4.30. The van der Waals surface area contributed by atoms with Crippen LogP contribution >= 0.6 is 0 Å². The van der Waals surface area contributed by atoms with Gasteiger partial charge in [-0.2, -0.15) is 0 Å². The van der Waals surface area contributed by atoms with Gasteiger partial charge in [-0.25, -0.2) is 14.7 Å². The number of Topliss-reactive ketones (excluding diaryl/α,β-unsaturated/α-hetero) is 1. The highest BCUT2D eigenvalue weighted by Crippen LogP contribution is 2.36. The van der Waals surface area contributed by atoms with Gasteiger partial charge in [0.05, 0.1) is 17.4 Å². The Morgan fingerprint density at radius 3 is 2.85 bits per heavy atom. The standard InChI is InChI=1S/C16H17N5O4S/c1-8(22)13-7-19-16(25-13)12-6-18-15-11(2-3-17-15)14(12)20-9-4-10(5-9)21-26(23)24/h2-3,6-7,9-10,21H,4-5H2,1H3,(H,23,24)(H2,17,18,20)/p-1. The average Bonchev–Trinajstić information content (AvgIpc) is 3.21. The number of pyridine rings is 1. The Kier molecular flexibility index (Phi) is 4.31. The monoisotopic (exact) mass is 374 g/mol. The molecule has 0 saturated heterocycles. The summed E-state index contributed by atoms with van der Waals surface area (Å²) < 4.78 is 29.5. The fourth-order valence-electron chi connectivity index (χ4n) is 3.06. The number of hydrogen-bond donors (Lipinski definition) is 3. The van der Waals surface area contributed by atoms with Crippen molar-refractivity contribution in [2.75, 3.05) is 5.32 Å². The molecule has 1 aliphatic rings. The Morgan fingerprint density at radius 1 is 1.35 bits per heavy atom. The molecule has 0 aromatic carbocycles. The maximum absolute atomic E-state index is 11.5. The van der Waals surface area contributed by atoms with Gasteiger partial charge in [0, 0.05) is 48.1 Å². The van der Waals surface area contributed by atoms with Crippen molar-refractivity contribution in [1.82, 2.24) is 19.7 Å². The number of aromatic nitrogens is 3. The van der Waals surface area contributed by atoms with Crippen LogP contribution in [0.3, 0.4) is 0 Å². The van der Waals surface area contributed by atoms with E-state index in [1.807, 2.05) is 6.07 Å². The molecule has 0 radical (unpaired) electrons. The van der Waals surface area contributed by atoms with E-state index in [-0.39, 0.29) is 23.6 Å². The molecule has 10 heteroatoms. The second kappa shape index (κ2) is 6.63. The van der Waals surface area contributed by atoms with Gasteiger partial charge in [0.25, 0.3) is 0 Å². The molecule has 1 unspecified atom stereocenters. The Morgan fingerprint density at radius 2 is 2.15 bits per heavy atom. The maximum Gasteiger partial charge on any atom is 0.230 e. The molecule has 1 aliphatic carbocycles. The van der Waals surface area contributed by atoms with Gasteiger partial charge >= 0.3 is 0 Å². The van der Waals surface area contributed by atoms with E-state index in [1.165, 1.54) is 13.1 Å². The number of fused-ring (bicyclic) bond motifs is 1. The van der Waals surface area contributed by atoms with Crippen LogP contribution in [0.5, 0.6) is 0 Å². The summed E-state index contributed by atoms with van der Waals surface area (Å²) in [4.78, 5) is 23.1. The molecule has 3 aromatic rings. The lowest BCUT2D eigenvalue weighted by molar-refractivity contribution is 0.0988. The van der Waals surface area contributed by atoms with Gasteiger partial charge in [-0.1, -0.05) is 0 Å². The second-order valence-corrected chi connectivity index (χ2v) is 6.94. The van der Waals surface area contributed by atoms with Crippen LogP contribution in [0.2, 0.25) is 0 Å². The highest BCUT2D eigenvalue weighted by molar-refractivity contribution is 7.77. The number of carbonyl (C=O) groups excluding carboxylic acids is 1. The van der Waals surface area contributed by atoms with E-state index >= 15 is 0 Å². The SMILES string of the molecule is CC(=O)c1cnc(-c2cnc3[nH]ccc3c2NC2CC(NS(=O)[O-])C2)o1. The highest BCUT2D eigenvalue weighted by Gasteiger charge is 2.30. The lowest BCUT2D eigenvalue weighted by Crippen LogP contribution is -2.48. The Balaban J connectivity index is 1.64. The van der Waals surface area contributed by atoms with E-state index in [1.54, 1.807) is 12.4 Å². The third-order valence-corrected chi connectivity index (χ3v) is 4.94. The first-order valence-electron chi connectivity index (χ1n) is 8.06. The lowest BCUT2D eigenvalue weighted by Gasteiger charge is -2.37. The van der Waals surface area contributed by atoms with Crippen LogP contribution in [0.25, 0.3) is 22.5 Å². The molecule has 136 valence electrons. The number of rotatable bonds is 6. The quantitative estimate of drug-likeness (QED) is 0.441. The second-order valence-electron chi connectivity index (χ2n) is 6.23. The molecule has 0 aliphatic heterocycles. The van der Waals surface area contributed by atoms with Crippen molar-refractivity contribution >= 4 is 33.8 Å². The molecule has 1 fully saturated rings. The largest absolute Gasteiger partial charge is 0.760 e. The minimum Gasteiger partial charge on any atom is -0.760 e. The third kappa shape index (κ3) is 3.14. The van der Waals surface area contributed by atoms with Crippen LogP contribution in [-0.4, -0.2) is 41.6 Å². The minimum absolute atomic E-state index is 0.0658. The first-order valence-corrected chi connectivity index (χ1v) is 9.14. The Bertz CT molecular complexity index is 992. The number of aromatic amines is 1. The average molecular weight is 374 g/mol. The summed E-state index contributed by atoms with van der Waals surface area (Å²) in [5.41, 5.74) is 2.15. The number of H-pyrrole nitrogens is 1. The molecule has 3 heterocycles. The number of anilines is 1. The van der Waals surface area contributed by atoms with Gasteiger partial charge in [0.2, 0.25) is 5.89 Å². The van der Waals surface area contributed by atoms with E-state index < -0.39 is 11.3 Å². The Hall–Kier alpha value is -2.56. The van der Waals surface area contributed by atoms with Crippen LogP contribution in [0.1, 0.15) is 30.3 Å². The zero-order valence-electron chi connectivity index (χ0n) is 13.8. The summed E-state index contributed by atoms with van der Waals surface area (Å²) in [5.74, 6) is 0.293. The molecular weight excluding hydrogens is 358 g/mol. The first-order chi connectivity index (χ1) is 12.5. The van der Waals surface area contributed by atoms with Crippen molar-refractivity contribution in [2.24, 2.45) is 0 Å². The number of ketones is 1. The number of carbonyl (C=O) groups is 1. The number of nitrogens with one attached hydrogen (secondary N) is 3. The smallest absolute Gasteiger partial charge is 0.230 e. The molecule has 1 saturated carbocycles. The van der Waals surface area contributed by atoms with E-state index in [2.05, 4.69) is 25.0 Å². The van der Waals surface area contributed by atoms with Gasteiger partial charge in [0.1, 0.15) is 5.65 Å². The van der Waals surface area contributed by atoms with Crippen LogP contribution in [0.15, 0.2) is 29.1 Å². The topological polar surface area (TPSA) is 136 Å². The van der Waals surface area contributed by atoms with Crippen LogP contribution in [0.4, 0.5) is 5.69 Å². The summed E-state index contributed by atoms with van der Waals surface area (Å²) in [6.45, 7) is 1.42. The molecule has 3 aromatic heterocycles. The third-order valence-electron chi connectivity index (χ3n) is 4.42. The normalized spacial score (nSPS) is 20.7. The minimum atomic E-state index is -2.26. The fourth-order valence-corrected chi connectivity index (χ4v) is 3.52. The molecular formula is C16H16N5O4S-. The summed E-state index contributed by atoms with van der Waals surface area (Å²) in [6.07, 6.45) is 6.17. The van der Waals surface area contributed by atoms with E-state index in [0.717, 1.165) is 11.1 Å². The van der Waals surface area contributed by atoms with Gasteiger partial charge in [-0.3, -0.25) is 9.00 Å². The van der Waals surface area contributed by atoms with Crippen molar-refractivity contribution in [3.63, 3.8) is 0 Å². The van der Waals surface area contributed by atoms with Crippen molar-refractivity contribution in [2.45, 2.75) is 31.8 Å².